The molecule has 10 nitrogen and oxygen atoms in total. The summed E-state index contributed by atoms with van der Waals surface area (Å²) in [6, 6.07) is 27.2. The Morgan fingerprint density at radius 3 is 2.22 bits per heavy atom. The Labute approximate surface area is 300 Å². The van der Waals surface area contributed by atoms with Crippen LogP contribution in [0.3, 0.4) is 0 Å². The van der Waals surface area contributed by atoms with Crippen molar-refractivity contribution in [1.82, 2.24) is 19.7 Å². The third kappa shape index (κ3) is 8.12. The normalized spacial score (nSPS) is 12.5. The fourth-order valence-corrected chi connectivity index (χ4v) is 11.3. The molecule has 0 aliphatic heterocycles. The molecule has 0 fully saturated rings. The van der Waals surface area contributed by atoms with Crippen molar-refractivity contribution < 1.29 is 18.7 Å². The van der Waals surface area contributed by atoms with E-state index in [0.717, 1.165) is 36.1 Å². The highest BCUT2D eigenvalue weighted by Gasteiger charge is 2.50. The number of aromatic nitrogens is 4. The molecular weight excluding hydrogens is 668 g/mol. The van der Waals surface area contributed by atoms with Crippen molar-refractivity contribution in [2.45, 2.75) is 70.5 Å². The van der Waals surface area contributed by atoms with Crippen LogP contribution in [0, 0.1) is 0 Å². The van der Waals surface area contributed by atoms with Crippen molar-refractivity contribution in [1.29, 1.82) is 0 Å². The first-order valence-corrected chi connectivity index (χ1v) is 19.4. The lowest BCUT2D eigenvalue weighted by atomic mass is 10.1. The summed E-state index contributed by atoms with van der Waals surface area (Å²) in [7, 11) is 0.232. The summed E-state index contributed by atoms with van der Waals surface area (Å²) in [5.41, 5.74) is 3.17. The van der Waals surface area contributed by atoms with Crippen molar-refractivity contribution in [2.24, 2.45) is 0 Å². The maximum Gasteiger partial charge on any atom is 0.413 e. The molecule has 12 heteroatoms. The predicted octanol–water partition coefficient (Wildman–Crippen LogP) is 7.35. The molecule has 5 rings (SSSR count). The average molecular weight is 715 g/mol. The minimum Gasteiger partial charge on any atom is -0.496 e. The Morgan fingerprint density at radius 1 is 0.960 bits per heavy atom. The molecule has 1 atom stereocenters. The Hall–Kier alpha value is -4.45. The molecule has 2 heterocycles. The molecule has 3 aromatic carbocycles. The zero-order valence-electron chi connectivity index (χ0n) is 29.7. The molecule has 2 N–H and O–H groups in total. The van der Waals surface area contributed by atoms with Crippen LogP contribution < -0.4 is 25.7 Å². The number of carbonyl (C=O) groups excluding carboxylic acids is 1. The zero-order valence-corrected chi connectivity index (χ0v) is 31.5. The van der Waals surface area contributed by atoms with Crippen LogP contribution in [0.25, 0.3) is 11.0 Å². The molecule has 5 aromatic rings. The Kier molecular flexibility index (Phi) is 12.2. The van der Waals surface area contributed by atoms with E-state index in [1.807, 2.05) is 22.9 Å². The monoisotopic (exact) mass is 714 g/mol. The fraction of sp³-hybridized carbons (Fsp3) is 0.368. The van der Waals surface area contributed by atoms with Gasteiger partial charge in [0.1, 0.15) is 16.8 Å². The van der Waals surface area contributed by atoms with E-state index in [2.05, 4.69) is 109 Å². The van der Waals surface area contributed by atoms with Gasteiger partial charge in [0.2, 0.25) is 5.95 Å². The Balaban J connectivity index is 1.49. The first-order valence-electron chi connectivity index (χ1n) is 16.9. The second-order valence-electron chi connectivity index (χ2n) is 13.3. The van der Waals surface area contributed by atoms with Gasteiger partial charge < -0.3 is 19.2 Å². The second-order valence-corrected chi connectivity index (χ2v) is 17.8. The summed E-state index contributed by atoms with van der Waals surface area (Å²) in [5, 5.41) is 13.4. The van der Waals surface area contributed by atoms with E-state index in [9.17, 15) is 4.79 Å². The molecule has 1 amide bonds. The molecule has 0 spiro atoms. The van der Waals surface area contributed by atoms with Crippen molar-refractivity contribution in [3.8, 4) is 5.75 Å². The van der Waals surface area contributed by atoms with E-state index in [4.69, 9.17) is 30.5 Å². The smallest absolute Gasteiger partial charge is 0.413 e. The predicted molar refractivity (Wildman–Crippen MR) is 204 cm³/mol. The Morgan fingerprint density at radius 2 is 1.64 bits per heavy atom. The summed E-state index contributed by atoms with van der Waals surface area (Å²) in [4.78, 5) is 21.5. The number of rotatable bonds is 15. The molecule has 0 saturated carbocycles. The number of hydrogen-bond acceptors (Lipinski definition) is 8. The van der Waals surface area contributed by atoms with E-state index in [-0.39, 0.29) is 17.0 Å². The first-order chi connectivity index (χ1) is 24.1. The molecule has 0 saturated heterocycles. The van der Waals surface area contributed by atoms with Gasteiger partial charge in [0, 0.05) is 24.1 Å². The number of benzene rings is 3. The van der Waals surface area contributed by atoms with Gasteiger partial charge in [-0.15, -0.1) is 11.6 Å². The largest absolute Gasteiger partial charge is 0.496 e. The minimum atomic E-state index is -2.71. The molecule has 0 bridgehead atoms. The van der Waals surface area contributed by atoms with Crippen LogP contribution >= 0.6 is 11.6 Å². The fourth-order valence-electron chi connectivity index (χ4n) is 6.53. The molecule has 0 aliphatic carbocycles. The molecule has 0 radical (unpaired) electrons. The van der Waals surface area contributed by atoms with Gasteiger partial charge in [-0.05, 0) is 39.9 Å². The maximum atomic E-state index is 12.2. The van der Waals surface area contributed by atoms with Crippen LogP contribution in [-0.2, 0) is 21.6 Å². The zero-order chi connectivity index (χ0) is 35.7. The minimum absolute atomic E-state index is 0.00295. The van der Waals surface area contributed by atoms with Crippen LogP contribution in [-0.4, -0.2) is 61.0 Å². The average Bonchev–Trinajstić information content (AvgIpc) is 3.53. The summed E-state index contributed by atoms with van der Waals surface area (Å²) >= 11 is 6.09. The molecule has 0 unspecified atom stereocenters. The highest BCUT2D eigenvalue weighted by Crippen LogP contribution is 2.37. The number of ether oxygens (including phenoxy) is 2. The lowest BCUT2D eigenvalue weighted by Crippen LogP contribution is -2.66. The molecule has 0 aliphatic rings. The van der Waals surface area contributed by atoms with E-state index in [1.165, 1.54) is 17.5 Å². The SMILES string of the molecule is CCC[C@@H](CCO[Si](c1ccccc1)(c1ccccc1)C(C)(C)C)Nc1nc(NC(=O)OC)nc2cnn(Cc3ccc(CCl)cc3OC)c12. The third-order valence-corrected chi connectivity index (χ3v) is 14.2. The Bertz CT molecular complexity index is 1830. The van der Waals surface area contributed by atoms with Crippen molar-refractivity contribution in [3.63, 3.8) is 0 Å². The third-order valence-electron chi connectivity index (χ3n) is 8.89. The van der Waals surface area contributed by atoms with Gasteiger partial charge in [0.05, 0.1) is 27.0 Å². The highest BCUT2D eigenvalue weighted by atomic mass is 35.5. The number of anilines is 2. The number of carbonyl (C=O) groups is 1. The van der Waals surface area contributed by atoms with Crippen molar-refractivity contribution in [3.05, 3.63) is 96.2 Å². The number of halogens is 1. The summed E-state index contributed by atoms with van der Waals surface area (Å²) in [6.07, 6.45) is 3.56. The lowest BCUT2D eigenvalue weighted by Gasteiger charge is -2.43. The van der Waals surface area contributed by atoms with Crippen LogP contribution in [0.1, 0.15) is 58.1 Å². The van der Waals surface area contributed by atoms with E-state index in [1.54, 1.807) is 13.3 Å². The first kappa shape index (κ1) is 36.8. The summed E-state index contributed by atoms with van der Waals surface area (Å²) in [5.74, 6) is 1.78. The van der Waals surface area contributed by atoms with Crippen LogP contribution in [0.4, 0.5) is 16.6 Å². The lowest BCUT2D eigenvalue weighted by molar-refractivity contribution is 0.186. The standard InChI is InChI=1S/C38H47ClN6O4Si/c1-7-14-29(21-22-49-50(38(2,3)4,30-15-10-8-11-16-30)31-17-12-9-13-18-31)41-35-34-32(42-36(43-35)44-37(46)48-6)25-40-45(34)26-28-20-19-27(24-39)23-33(28)47-5/h8-13,15-20,23,25,29H,7,14,21-22,24,26H2,1-6H3,(H2,41,42,43,44,46)/t29-/m0/s1. The van der Waals surface area contributed by atoms with E-state index < -0.39 is 14.4 Å². The van der Waals surface area contributed by atoms with Gasteiger partial charge in [-0.2, -0.15) is 10.1 Å². The van der Waals surface area contributed by atoms with Gasteiger partial charge in [0.15, 0.2) is 5.82 Å². The number of fused-ring (bicyclic) bond motifs is 1. The van der Waals surface area contributed by atoms with Gasteiger partial charge in [0.25, 0.3) is 8.32 Å². The van der Waals surface area contributed by atoms with E-state index in [0.29, 0.717) is 35.9 Å². The van der Waals surface area contributed by atoms with Gasteiger partial charge >= 0.3 is 6.09 Å². The molecule has 50 heavy (non-hydrogen) atoms. The quantitative estimate of drug-likeness (QED) is 0.0856. The van der Waals surface area contributed by atoms with Crippen molar-refractivity contribution >= 4 is 59.2 Å². The van der Waals surface area contributed by atoms with Crippen molar-refractivity contribution in [2.75, 3.05) is 31.5 Å². The van der Waals surface area contributed by atoms with Gasteiger partial charge in [-0.25, -0.2) is 9.78 Å². The van der Waals surface area contributed by atoms with Crippen LogP contribution in [0.2, 0.25) is 5.04 Å². The molecule has 2 aromatic heterocycles. The number of alkyl halides is 1. The van der Waals surface area contributed by atoms with Gasteiger partial charge in [-0.1, -0.05) is 107 Å². The molecule has 264 valence electrons. The van der Waals surface area contributed by atoms with E-state index >= 15 is 0 Å². The summed E-state index contributed by atoms with van der Waals surface area (Å²) < 4.78 is 19.6. The molecular formula is C38H47ClN6O4Si. The maximum absolute atomic E-state index is 12.2. The summed E-state index contributed by atoms with van der Waals surface area (Å²) in [6.45, 7) is 9.97. The second kappa shape index (κ2) is 16.5. The topological polar surface area (TPSA) is 112 Å². The van der Waals surface area contributed by atoms with Crippen LogP contribution in [0.5, 0.6) is 5.75 Å². The van der Waals surface area contributed by atoms with Gasteiger partial charge in [-0.3, -0.25) is 10.00 Å². The number of hydrogen-bond donors (Lipinski definition) is 2. The number of nitrogens with one attached hydrogen (secondary N) is 2. The number of nitrogens with zero attached hydrogens (tertiary/aromatic N) is 4. The number of amides is 1. The van der Waals surface area contributed by atoms with Crippen LogP contribution in [0.15, 0.2) is 85.1 Å². The number of methoxy groups -OCH3 is 2. The highest BCUT2D eigenvalue weighted by molar-refractivity contribution is 6.99.